The molecular weight excluding hydrogens is 176 g/mol. The van der Waals surface area contributed by atoms with Crippen molar-refractivity contribution in [2.75, 3.05) is 13.1 Å². The van der Waals surface area contributed by atoms with Gasteiger partial charge in [-0.2, -0.15) is 0 Å². The van der Waals surface area contributed by atoms with E-state index in [1.165, 1.54) is 6.42 Å². The highest BCUT2D eigenvalue weighted by Gasteiger charge is 2.34. The van der Waals surface area contributed by atoms with Crippen LogP contribution in [-0.2, 0) is 4.79 Å². The Hall–Kier alpha value is -0.570. The first-order valence-corrected chi connectivity index (χ1v) is 5.74. The summed E-state index contributed by atoms with van der Waals surface area (Å²) in [5, 5.41) is 3.40. The van der Waals surface area contributed by atoms with Crippen LogP contribution in [-0.4, -0.2) is 36.0 Å². The van der Waals surface area contributed by atoms with Gasteiger partial charge in [0.25, 0.3) is 0 Å². The molecule has 3 nitrogen and oxygen atoms in total. The second kappa shape index (κ2) is 3.89. The molecule has 80 valence electrons. The smallest absolute Gasteiger partial charge is 0.226 e. The van der Waals surface area contributed by atoms with E-state index in [0.29, 0.717) is 23.9 Å². The van der Waals surface area contributed by atoms with E-state index >= 15 is 0 Å². The second-order valence-electron chi connectivity index (χ2n) is 4.64. The molecule has 0 aromatic carbocycles. The molecule has 2 unspecified atom stereocenters. The SMILES string of the molecule is CC1NCCN(C(=O)C2CCC2)C1C. The summed E-state index contributed by atoms with van der Waals surface area (Å²) in [5.41, 5.74) is 0. The predicted octanol–water partition coefficient (Wildman–Crippen LogP) is 0.995. The van der Waals surface area contributed by atoms with Crippen LogP contribution in [0.15, 0.2) is 0 Å². The fourth-order valence-electron chi connectivity index (χ4n) is 2.26. The van der Waals surface area contributed by atoms with Crippen molar-refractivity contribution < 1.29 is 4.79 Å². The molecular formula is C11H20N2O. The van der Waals surface area contributed by atoms with E-state index in [-0.39, 0.29) is 0 Å². The van der Waals surface area contributed by atoms with Crippen LogP contribution in [0.4, 0.5) is 0 Å². The van der Waals surface area contributed by atoms with Gasteiger partial charge in [0.2, 0.25) is 5.91 Å². The number of carbonyl (C=O) groups excluding carboxylic acids is 1. The Morgan fingerprint density at radius 1 is 1.36 bits per heavy atom. The molecule has 1 heterocycles. The number of amides is 1. The number of carbonyl (C=O) groups is 1. The average molecular weight is 196 g/mol. The lowest BCUT2D eigenvalue weighted by Crippen LogP contribution is -2.58. The summed E-state index contributed by atoms with van der Waals surface area (Å²) in [5.74, 6) is 0.750. The molecule has 1 amide bonds. The standard InChI is InChI=1S/C11H20N2O/c1-8-9(2)13(7-6-12-8)11(14)10-4-3-5-10/h8-10,12H,3-7H2,1-2H3. The first kappa shape index (κ1) is 9.97. The number of rotatable bonds is 1. The highest BCUT2D eigenvalue weighted by molar-refractivity contribution is 5.80. The highest BCUT2D eigenvalue weighted by Crippen LogP contribution is 2.29. The molecule has 0 bridgehead atoms. The second-order valence-corrected chi connectivity index (χ2v) is 4.64. The zero-order chi connectivity index (χ0) is 10.1. The minimum atomic E-state index is 0.350. The Kier molecular flexibility index (Phi) is 2.77. The lowest BCUT2D eigenvalue weighted by Gasteiger charge is -2.41. The summed E-state index contributed by atoms with van der Waals surface area (Å²) in [6.45, 7) is 6.14. The van der Waals surface area contributed by atoms with Crippen LogP contribution in [0.1, 0.15) is 33.1 Å². The maximum Gasteiger partial charge on any atom is 0.226 e. The van der Waals surface area contributed by atoms with Gasteiger partial charge < -0.3 is 10.2 Å². The van der Waals surface area contributed by atoms with Crippen molar-refractivity contribution in [1.82, 2.24) is 10.2 Å². The van der Waals surface area contributed by atoms with E-state index < -0.39 is 0 Å². The van der Waals surface area contributed by atoms with E-state index in [9.17, 15) is 4.79 Å². The number of hydrogen-bond acceptors (Lipinski definition) is 2. The van der Waals surface area contributed by atoms with Gasteiger partial charge in [-0.25, -0.2) is 0 Å². The quantitative estimate of drug-likeness (QED) is 0.678. The molecule has 1 aliphatic carbocycles. The van der Waals surface area contributed by atoms with Crippen molar-refractivity contribution in [2.24, 2.45) is 5.92 Å². The Morgan fingerprint density at radius 3 is 2.64 bits per heavy atom. The Bertz CT molecular complexity index is 225. The van der Waals surface area contributed by atoms with Crippen molar-refractivity contribution in [3.63, 3.8) is 0 Å². The van der Waals surface area contributed by atoms with Crippen LogP contribution in [0.5, 0.6) is 0 Å². The average Bonchev–Trinajstić information content (AvgIpc) is 2.06. The van der Waals surface area contributed by atoms with E-state index in [0.717, 1.165) is 25.9 Å². The van der Waals surface area contributed by atoms with Crippen molar-refractivity contribution in [2.45, 2.75) is 45.2 Å². The molecule has 1 saturated carbocycles. The lowest BCUT2D eigenvalue weighted by atomic mass is 9.83. The third kappa shape index (κ3) is 1.65. The van der Waals surface area contributed by atoms with Crippen LogP contribution >= 0.6 is 0 Å². The maximum atomic E-state index is 12.0. The number of nitrogens with zero attached hydrogens (tertiary/aromatic N) is 1. The van der Waals surface area contributed by atoms with Crippen molar-refractivity contribution in [3.8, 4) is 0 Å². The van der Waals surface area contributed by atoms with Gasteiger partial charge in [0.15, 0.2) is 0 Å². The monoisotopic (exact) mass is 196 g/mol. The molecule has 2 fully saturated rings. The maximum absolute atomic E-state index is 12.0. The van der Waals surface area contributed by atoms with Crippen LogP contribution < -0.4 is 5.32 Å². The first-order chi connectivity index (χ1) is 6.70. The topological polar surface area (TPSA) is 32.3 Å². The molecule has 2 aliphatic rings. The Labute approximate surface area is 85.8 Å². The molecule has 0 spiro atoms. The summed E-state index contributed by atoms with van der Waals surface area (Å²) in [7, 11) is 0. The molecule has 1 N–H and O–H groups in total. The highest BCUT2D eigenvalue weighted by atomic mass is 16.2. The Morgan fingerprint density at radius 2 is 2.07 bits per heavy atom. The van der Waals surface area contributed by atoms with Crippen molar-refractivity contribution >= 4 is 5.91 Å². The molecule has 0 radical (unpaired) electrons. The number of nitrogens with one attached hydrogen (secondary N) is 1. The summed E-state index contributed by atoms with van der Waals surface area (Å²) in [4.78, 5) is 14.1. The van der Waals surface area contributed by atoms with E-state index in [4.69, 9.17) is 0 Å². The van der Waals surface area contributed by atoms with Crippen LogP contribution in [0.3, 0.4) is 0 Å². The van der Waals surface area contributed by atoms with E-state index in [1.54, 1.807) is 0 Å². The minimum Gasteiger partial charge on any atom is -0.337 e. The lowest BCUT2D eigenvalue weighted by molar-refractivity contribution is -0.141. The summed E-state index contributed by atoms with van der Waals surface area (Å²) in [6, 6.07) is 0.796. The molecule has 14 heavy (non-hydrogen) atoms. The fourth-order valence-corrected chi connectivity index (χ4v) is 2.26. The first-order valence-electron chi connectivity index (χ1n) is 5.74. The van der Waals surface area contributed by atoms with Gasteiger partial charge in [-0.3, -0.25) is 4.79 Å². The molecule has 0 aromatic rings. The largest absolute Gasteiger partial charge is 0.337 e. The molecule has 0 aromatic heterocycles. The zero-order valence-electron chi connectivity index (χ0n) is 9.12. The van der Waals surface area contributed by atoms with Crippen LogP contribution in [0.25, 0.3) is 0 Å². The third-order valence-electron chi connectivity index (χ3n) is 3.77. The van der Waals surface area contributed by atoms with E-state index in [2.05, 4.69) is 24.1 Å². The third-order valence-corrected chi connectivity index (χ3v) is 3.77. The van der Waals surface area contributed by atoms with Gasteiger partial charge in [-0.05, 0) is 26.7 Å². The van der Waals surface area contributed by atoms with E-state index in [1.807, 2.05) is 0 Å². The summed E-state index contributed by atoms with van der Waals surface area (Å²) in [6.07, 6.45) is 3.47. The van der Waals surface area contributed by atoms with Crippen molar-refractivity contribution in [1.29, 1.82) is 0 Å². The molecule has 1 saturated heterocycles. The number of hydrogen-bond donors (Lipinski definition) is 1. The summed E-state index contributed by atoms with van der Waals surface area (Å²) < 4.78 is 0. The van der Waals surface area contributed by atoms with Crippen molar-refractivity contribution in [3.05, 3.63) is 0 Å². The van der Waals surface area contributed by atoms with Gasteiger partial charge in [-0.15, -0.1) is 0 Å². The minimum absolute atomic E-state index is 0.350. The van der Waals surface area contributed by atoms with Gasteiger partial charge in [0.05, 0.1) is 0 Å². The normalized spacial score (nSPS) is 34.0. The molecule has 2 atom stereocenters. The van der Waals surface area contributed by atoms with Gasteiger partial charge in [0, 0.05) is 31.1 Å². The van der Waals surface area contributed by atoms with Gasteiger partial charge in [0.1, 0.15) is 0 Å². The van der Waals surface area contributed by atoms with Crippen LogP contribution in [0, 0.1) is 5.92 Å². The van der Waals surface area contributed by atoms with Crippen LogP contribution in [0.2, 0.25) is 0 Å². The fraction of sp³-hybridized carbons (Fsp3) is 0.909. The Balaban J connectivity index is 1.97. The van der Waals surface area contributed by atoms with Gasteiger partial charge >= 0.3 is 0 Å². The van der Waals surface area contributed by atoms with Gasteiger partial charge in [-0.1, -0.05) is 6.42 Å². The summed E-state index contributed by atoms with van der Waals surface area (Å²) >= 11 is 0. The molecule has 2 rings (SSSR count). The molecule has 1 aliphatic heterocycles. The molecule has 3 heteroatoms. The predicted molar refractivity (Wildman–Crippen MR) is 56.0 cm³/mol. The number of piperazine rings is 1. The zero-order valence-corrected chi connectivity index (χ0v) is 9.12.